The zero-order valence-corrected chi connectivity index (χ0v) is 11.9. The minimum Gasteiger partial charge on any atom is -0.325 e. The van der Waals surface area contributed by atoms with E-state index >= 15 is 0 Å². The summed E-state index contributed by atoms with van der Waals surface area (Å²) < 4.78 is 39.3. The molecule has 0 spiro atoms. The average molecular weight is 311 g/mol. The summed E-state index contributed by atoms with van der Waals surface area (Å²) in [6.07, 6.45) is 0. The molecule has 1 atom stereocenters. The molecular weight excluding hydrogens is 299 g/mol. The summed E-state index contributed by atoms with van der Waals surface area (Å²) in [5, 5.41) is 1.87. The predicted molar refractivity (Wildman–Crippen MR) is 76.7 cm³/mol. The lowest BCUT2D eigenvalue weighted by molar-refractivity contribution is -0.115. The van der Waals surface area contributed by atoms with Gasteiger partial charge in [-0.1, -0.05) is 12.1 Å². The molecule has 0 fully saturated rings. The first kappa shape index (κ1) is 15.4. The van der Waals surface area contributed by atoms with E-state index in [9.17, 15) is 18.0 Å². The van der Waals surface area contributed by atoms with Crippen LogP contribution in [-0.2, 0) is 4.79 Å². The fourth-order valence-electron chi connectivity index (χ4n) is 1.60. The van der Waals surface area contributed by atoms with Crippen LogP contribution in [0.25, 0.3) is 0 Å². The van der Waals surface area contributed by atoms with E-state index in [0.29, 0.717) is 4.90 Å². The Labute approximate surface area is 124 Å². The molecule has 110 valence electrons. The largest absolute Gasteiger partial charge is 0.325 e. The van der Waals surface area contributed by atoms with E-state index in [2.05, 4.69) is 5.32 Å². The molecule has 1 amide bonds. The van der Waals surface area contributed by atoms with E-state index in [0.717, 1.165) is 23.9 Å². The Balaban J connectivity index is 2.02. The van der Waals surface area contributed by atoms with Gasteiger partial charge in [-0.05, 0) is 31.2 Å². The maximum absolute atomic E-state index is 13.5. The zero-order valence-electron chi connectivity index (χ0n) is 11.1. The molecule has 0 aliphatic heterocycles. The number of rotatable bonds is 4. The van der Waals surface area contributed by atoms with Gasteiger partial charge < -0.3 is 5.32 Å². The Kier molecular flexibility index (Phi) is 4.90. The van der Waals surface area contributed by atoms with Gasteiger partial charge in [-0.3, -0.25) is 4.79 Å². The number of carbonyl (C=O) groups is 1. The third kappa shape index (κ3) is 4.01. The molecule has 21 heavy (non-hydrogen) atoms. The van der Waals surface area contributed by atoms with Crippen molar-refractivity contribution in [3.8, 4) is 0 Å². The number of halogens is 3. The van der Waals surface area contributed by atoms with Gasteiger partial charge in [0.25, 0.3) is 0 Å². The van der Waals surface area contributed by atoms with E-state index in [1.807, 2.05) is 0 Å². The van der Waals surface area contributed by atoms with E-state index in [1.165, 1.54) is 12.1 Å². The molecule has 0 radical (unpaired) electrons. The maximum atomic E-state index is 13.5. The van der Waals surface area contributed by atoms with Gasteiger partial charge in [0.2, 0.25) is 5.91 Å². The van der Waals surface area contributed by atoms with E-state index in [-0.39, 0.29) is 5.69 Å². The number of anilines is 1. The standard InChI is InChI=1S/C15H12F3NOS/c1-9(21-14-5-3-2-4-12(14)17)15(20)19-10-6-7-11(16)13(18)8-10/h2-9H,1H3,(H,19,20)/t9-/m0/s1. The Morgan fingerprint density at radius 1 is 1.05 bits per heavy atom. The number of nitrogens with one attached hydrogen (secondary N) is 1. The monoisotopic (exact) mass is 311 g/mol. The highest BCUT2D eigenvalue weighted by molar-refractivity contribution is 8.00. The second-order valence-electron chi connectivity index (χ2n) is 4.31. The first-order valence-electron chi connectivity index (χ1n) is 6.14. The molecule has 0 saturated heterocycles. The molecule has 0 aromatic heterocycles. The fourth-order valence-corrected chi connectivity index (χ4v) is 2.49. The summed E-state index contributed by atoms with van der Waals surface area (Å²) in [6, 6.07) is 9.20. The van der Waals surface area contributed by atoms with Crippen molar-refractivity contribution in [1.29, 1.82) is 0 Å². The Bertz CT molecular complexity index is 663. The van der Waals surface area contributed by atoms with Crippen molar-refractivity contribution >= 4 is 23.4 Å². The van der Waals surface area contributed by atoms with Crippen LogP contribution in [0, 0.1) is 17.5 Å². The molecule has 0 bridgehead atoms. The lowest BCUT2D eigenvalue weighted by atomic mass is 10.3. The molecular formula is C15H12F3NOS. The van der Waals surface area contributed by atoms with Gasteiger partial charge in [0.15, 0.2) is 11.6 Å². The first-order chi connectivity index (χ1) is 9.97. The predicted octanol–water partition coefficient (Wildman–Crippen LogP) is 4.22. The molecule has 2 rings (SSSR count). The van der Waals surface area contributed by atoms with Crippen molar-refractivity contribution < 1.29 is 18.0 Å². The van der Waals surface area contributed by atoms with Gasteiger partial charge in [0, 0.05) is 16.6 Å². The quantitative estimate of drug-likeness (QED) is 0.856. The van der Waals surface area contributed by atoms with E-state index in [1.54, 1.807) is 25.1 Å². The van der Waals surface area contributed by atoms with Gasteiger partial charge in [0.1, 0.15) is 5.82 Å². The van der Waals surface area contributed by atoms with Crippen molar-refractivity contribution in [2.45, 2.75) is 17.1 Å². The normalized spacial score (nSPS) is 12.0. The maximum Gasteiger partial charge on any atom is 0.237 e. The first-order valence-corrected chi connectivity index (χ1v) is 7.02. The Morgan fingerprint density at radius 3 is 2.43 bits per heavy atom. The second-order valence-corrected chi connectivity index (χ2v) is 5.69. The third-order valence-electron chi connectivity index (χ3n) is 2.70. The second kappa shape index (κ2) is 6.67. The smallest absolute Gasteiger partial charge is 0.237 e. The summed E-state index contributed by atoms with van der Waals surface area (Å²) in [7, 11) is 0. The average Bonchev–Trinajstić information content (AvgIpc) is 2.45. The third-order valence-corrected chi connectivity index (χ3v) is 3.85. The molecule has 0 aliphatic rings. The lowest BCUT2D eigenvalue weighted by Crippen LogP contribution is -2.22. The minimum absolute atomic E-state index is 0.153. The lowest BCUT2D eigenvalue weighted by Gasteiger charge is -2.12. The van der Waals surface area contributed by atoms with Crippen LogP contribution in [0.15, 0.2) is 47.4 Å². The van der Waals surface area contributed by atoms with Crippen LogP contribution in [0.3, 0.4) is 0 Å². The van der Waals surface area contributed by atoms with Crippen molar-refractivity contribution in [3.05, 3.63) is 59.9 Å². The minimum atomic E-state index is -1.04. The van der Waals surface area contributed by atoms with Gasteiger partial charge in [0.05, 0.1) is 5.25 Å². The Hall–Kier alpha value is -1.95. The van der Waals surface area contributed by atoms with E-state index < -0.39 is 28.6 Å². The topological polar surface area (TPSA) is 29.1 Å². The highest BCUT2D eigenvalue weighted by Gasteiger charge is 2.17. The van der Waals surface area contributed by atoms with Gasteiger partial charge >= 0.3 is 0 Å². The van der Waals surface area contributed by atoms with Crippen molar-refractivity contribution in [2.75, 3.05) is 5.32 Å². The number of hydrogen-bond acceptors (Lipinski definition) is 2. The number of hydrogen-bond donors (Lipinski definition) is 1. The Morgan fingerprint density at radius 2 is 1.76 bits per heavy atom. The molecule has 6 heteroatoms. The molecule has 0 unspecified atom stereocenters. The van der Waals surface area contributed by atoms with Crippen molar-refractivity contribution in [1.82, 2.24) is 0 Å². The van der Waals surface area contributed by atoms with Crippen LogP contribution >= 0.6 is 11.8 Å². The van der Waals surface area contributed by atoms with Crippen LogP contribution in [-0.4, -0.2) is 11.2 Å². The summed E-state index contributed by atoms with van der Waals surface area (Å²) in [4.78, 5) is 12.3. The molecule has 2 aromatic carbocycles. The number of thioether (sulfide) groups is 1. The molecule has 0 saturated carbocycles. The summed E-state index contributed by atoms with van der Waals surface area (Å²) in [6.45, 7) is 1.60. The van der Waals surface area contributed by atoms with Crippen molar-refractivity contribution in [3.63, 3.8) is 0 Å². The highest BCUT2D eigenvalue weighted by atomic mass is 32.2. The van der Waals surface area contributed by atoms with Crippen LogP contribution in [0.4, 0.5) is 18.9 Å². The summed E-state index contributed by atoms with van der Waals surface area (Å²) in [5.74, 6) is -2.85. The number of benzene rings is 2. The molecule has 0 aliphatic carbocycles. The highest BCUT2D eigenvalue weighted by Crippen LogP contribution is 2.26. The number of amides is 1. The molecule has 2 aromatic rings. The molecule has 2 nitrogen and oxygen atoms in total. The van der Waals surface area contributed by atoms with Crippen LogP contribution < -0.4 is 5.32 Å². The number of carbonyl (C=O) groups excluding carboxylic acids is 1. The fraction of sp³-hybridized carbons (Fsp3) is 0.133. The van der Waals surface area contributed by atoms with Crippen molar-refractivity contribution in [2.24, 2.45) is 0 Å². The summed E-state index contributed by atoms with van der Waals surface area (Å²) >= 11 is 1.05. The molecule has 1 N–H and O–H groups in total. The summed E-state index contributed by atoms with van der Waals surface area (Å²) in [5.41, 5.74) is 0.153. The SMILES string of the molecule is C[C@H](Sc1ccccc1F)C(=O)Nc1ccc(F)c(F)c1. The van der Waals surface area contributed by atoms with Gasteiger partial charge in [-0.15, -0.1) is 11.8 Å². The van der Waals surface area contributed by atoms with Gasteiger partial charge in [-0.25, -0.2) is 13.2 Å². The van der Waals surface area contributed by atoms with Crippen LogP contribution in [0.2, 0.25) is 0 Å². The molecule has 0 heterocycles. The van der Waals surface area contributed by atoms with E-state index in [4.69, 9.17) is 0 Å². The van der Waals surface area contributed by atoms with Crippen LogP contribution in [0.5, 0.6) is 0 Å². The van der Waals surface area contributed by atoms with Crippen LogP contribution in [0.1, 0.15) is 6.92 Å². The zero-order chi connectivity index (χ0) is 15.4. The van der Waals surface area contributed by atoms with Gasteiger partial charge in [-0.2, -0.15) is 0 Å².